The molecule has 0 bridgehead atoms. The zero-order valence-electron chi connectivity index (χ0n) is 10.2. The van der Waals surface area contributed by atoms with Gasteiger partial charge >= 0.3 is 0 Å². The molecule has 2 aromatic rings. The summed E-state index contributed by atoms with van der Waals surface area (Å²) in [6.07, 6.45) is 0. The number of rotatable bonds is 5. The molecule has 0 saturated heterocycles. The summed E-state index contributed by atoms with van der Waals surface area (Å²) in [6, 6.07) is 14.7. The first kappa shape index (κ1) is 13.7. The highest BCUT2D eigenvalue weighted by Gasteiger charge is 2.05. The van der Waals surface area contributed by atoms with Gasteiger partial charge in [0.15, 0.2) is 0 Å². The van der Waals surface area contributed by atoms with E-state index in [9.17, 15) is 10.1 Å². The molecule has 2 rings (SSSR count). The van der Waals surface area contributed by atoms with Crippen molar-refractivity contribution in [3.63, 3.8) is 0 Å². The Kier molecular flexibility index (Phi) is 4.65. The Hall–Kier alpha value is -1.72. The van der Waals surface area contributed by atoms with E-state index >= 15 is 0 Å². The van der Waals surface area contributed by atoms with E-state index in [-0.39, 0.29) is 10.6 Å². The third-order valence-corrected chi connectivity index (χ3v) is 3.16. The van der Waals surface area contributed by atoms with Gasteiger partial charge < -0.3 is 5.32 Å². The normalized spacial score (nSPS) is 10.4. The van der Waals surface area contributed by atoms with Crippen molar-refractivity contribution in [3.05, 3.63) is 74.2 Å². The van der Waals surface area contributed by atoms with Crippen LogP contribution >= 0.6 is 15.9 Å². The molecule has 0 heterocycles. The van der Waals surface area contributed by atoms with Gasteiger partial charge in [0.25, 0.3) is 5.69 Å². The number of benzene rings is 2. The van der Waals surface area contributed by atoms with Gasteiger partial charge in [-0.3, -0.25) is 10.1 Å². The number of non-ortho nitro benzene ring substituents is 1. The van der Waals surface area contributed by atoms with Crippen molar-refractivity contribution >= 4 is 21.6 Å². The molecule has 0 unspecified atom stereocenters. The van der Waals surface area contributed by atoms with E-state index in [1.807, 2.05) is 30.3 Å². The van der Waals surface area contributed by atoms with E-state index in [0.29, 0.717) is 6.54 Å². The Morgan fingerprint density at radius 3 is 2.32 bits per heavy atom. The summed E-state index contributed by atoms with van der Waals surface area (Å²) < 4.78 is 1.04. The SMILES string of the molecule is O=[N+]([O-])c1cccc(CNCc2cccc(Br)c2)c1. The van der Waals surface area contributed by atoms with Crippen molar-refractivity contribution in [2.45, 2.75) is 13.1 Å². The lowest BCUT2D eigenvalue weighted by Gasteiger charge is -2.05. The Bertz CT molecular complexity index is 587. The van der Waals surface area contributed by atoms with Crippen molar-refractivity contribution in [2.75, 3.05) is 0 Å². The average molecular weight is 321 g/mol. The fourth-order valence-electron chi connectivity index (χ4n) is 1.78. The molecule has 0 aliphatic rings. The summed E-state index contributed by atoms with van der Waals surface area (Å²) in [5.41, 5.74) is 2.20. The minimum atomic E-state index is -0.377. The van der Waals surface area contributed by atoms with Crippen molar-refractivity contribution in [1.29, 1.82) is 0 Å². The number of nitro benzene ring substituents is 1. The van der Waals surface area contributed by atoms with E-state index < -0.39 is 0 Å². The molecule has 0 saturated carbocycles. The molecule has 4 nitrogen and oxygen atoms in total. The Morgan fingerprint density at radius 2 is 1.68 bits per heavy atom. The van der Waals surface area contributed by atoms with Gasteiger partial charge in [-0.05, 0) is 23.3 Å². The van der Waals surface area contributed by atoms with Crippen molar-refractivity contribution in [2.24, 2.45) is 0 Å². The van der Waals surface area contributed by atoms with Crippen LogP contribution in [0.5, 0.6) is 0 Å². The van der Waals surface area contributed by atoms with Crippen LogP contribution in [0.25, 0.3) is 0 Å². The van der Waals surface area contributed by atoms with Crippen molar-refractivity contribution in [3.8, 4) is 0 Å². The van der Waals surface area contributed by atoms with Crippen molar-refractivity contribution in [1.82, 2.24) is 5.32 Å². The number of hydrogen-bond donors (Lipinski definition) is 1. The van der Waals surface area contributed by atoms with Crippen LogP contribution in [-0.2, 0) is 13.1 Å². The minimum absolute atomic E-state index is 0.127. The fraction of sp³-hybridized carbons (Fsp3) is 0.143. The van der Waals surface area contributed by atoms with Crippen LogP contribution in [0.4, 0.5) is 5.69 Å². The van der Waals surface area contributed by atoms with Gasteiger partial charge in [-0.1, -0.05) is 40.2 Å². The summed E-state index contributed by atoms with van der Waals surface area (Å²) in [4.78, 5) is 10.3. The van der Waals surface area contributed by atoms with Crippen molar-refractivity contribution < 1.29 is 4.92 Å². The third-order valence-electron chi connectivity index (χ3n) is 2.67. The van der Waals surface area contributed by atoms with Crippen LogP contribution in [0.3, 0.4) is 0 Å². The van der Waals surface area contributed by atoms with E-state index in [1.54, 1.807) is 12.1 Å². The number of nitrogens with zero attached hydrogens (tertiary/aromatic N) is 1. The van der Waals surface area contributed by atoms with Gasteiger partial charge in [-0.15, -0.1) is 0 Å². The maximum absolute atomic E-state index is 10.7. The first-order valence-corrected chi connectivity index (χ1v) is 6.63. The predicted molar refractivity (Wildman–Crippen MR) is 77.8 cm³/mol. The average Bonchev–Trinajstić information content (AvgIpc) is 2.39. The molecule has 19 heavy (non-hydrogen) atoms. The number of nitrogens with one attached hydrogen (secondary N) is 1. The molecule has 5 heteroatoms. The van der Waals surface area contributed by atoms with Gasteiger partial charge in [0.2, 0.25) is 0 Å². The molecule has 0 aliphatic heterocycles. The second-order valence-corrected chi connectivity index (χ2v) is 5.08. The standard InChI is InChI=1S/C14H13BrN2O2/c15-13-5-1-3-11(7-13)9-16-10-12-4-2-6-14(8-12)17(18)19/h1-8,16H,9-10H2. The topological polar surface area (TPSA) is 55.2 Å². The lowest BCUT2D eigenvalue weighted by atomic mass is 10.2. The predicted octanol–water partition coefficient (Wildman–Crippen LogP) is 3.65. The summed E-state index contributed by atoms with van der Waals surface area (Å²) in [5.74, 6) is 0. The second kappa shape index (κ2) is 6.45. The largest absolute Gasteiger partial charge is 0.309 e. The van der Waals surface area contributed by atoms with E-state index in [2.05, 4.69) is 21.2 Å². The molecule has 98 valence electrons. The van der Waals surface area contributed by atoms with Gasteiger partial charge in [-0.25, -0.2) is 0 Å². The molecule has 2 aromatic carbocycles. The molecule has 0 spiro atoms. The molecule has 0 atom stereocenters. The minimum Gasteiger partial charge on any atom is -0.309 e. The molecule has 0 amide bonds. The first-order chi connectivity index (χ1) is 9.15. The summed E-state index contributed by atoms with van der Waals surface area (Å²) in [7, 11) is 0. The summed E-state index contributed by atoms with van der Waals surface area (Å²) >= 11 is 3.42. The lowest BCUT2D eigenvalue weighted by Crippen LogP contribution is -2.12. The van der Waals surface area contributed by atoms with Crippen LogP contribution in [0.2, 0.25) is 0 Å². The van der Waals surface area contributed by atoms with Crippen LogP contribution in [0.1, 0.15) is 11.1 Å². The Morgan fingerprint density at radius 1 is 1.05 bits per heavy atom. The molecule has 0 fully saturated rings. The molecule has 0 aromatic heterocycles. The number of nitro groups is 1. The quantitative estimate of drug-likeness (QED) is 0.675. The van der Waals surface area contributed by atoms with Crippen LogP contribution < -0.4 is 5.32 Å². The third kappa shape index (κ3) is 4.15. The van der Waals surface area contributed by atoms with E-state index in [1.165, 1.54) is 11.6 Å². The molecule has 0 aliphatic carbocycles. The van der Waals surface area contributed by atoms with Crippen LogP contribution in [-0.4, -0.2) is 4.92 Å². The molecular formula is C14H13BrN2O2. The van der Waals surface area contributed by atoms with Gasteiger partial charge in [-0.2, -0.15) is 0 Å². The van der Waals surface area contributed by atoms with E-state index in [0.717, 1.165) is 16.6 Å². The maximum Gasteiger partial charge on any atom is 0.269 e. The van der Waals surface area contributed by atoms with E-state index in [4.69, 9.17) is 0 Å². The zero-order valence-corrected chi connectivity index (χ0v) is 11.8. The summed E-state index contributed by atoms with van der Waals surface area (Å²) in [6.45, 7) is 1.33. The second-order valence-electron chi connectivity index (χ2n) is 4.16. The Balaban J connectivity index is 1.92. The van der Waals surface area contributed by atoms with Gasteiger partial charge in [0, 0.05) is 29.7 Å². The zero-order chi connectivity index (χ0) is 13.7. The lowest BCUT2D eigenvalue weighted by molar-refractivity contribution is -0.384. The summed E-state index contributed by atoms with van der Waals surface area (Å²) in [5, 5.41) is 13.9. The highest BCUT2D eigenvalue weighted by molar-refractivity contribution is 9.10. The van der Waals surface area contributed by atoms with Crippen LogP contribution in [0.15, 0.2) is 53.0 Å². The molecular weight excluding hydrogens is 308 g/mol. The highest BCUT2D eigenvalue weighted by Crippen LogP contribution is 2.14. The van der Waals surface area contributed by atoms with Crippen LogP contribution in [0, 0.1) is 10.1 Å². The number of hydrogen-bond acceptors (Lipinski definition) is 3. The monoisotopic (exact) mass is 320 g/mol. The molecule has 1 N–H and O–H groups in total. The Labute approximate surface area is 119 Å². The molecule has 0 radical (unpaired) electrons. The van der Waals surface area contributed by atoms with Gasteiger partial charge in [0.05, 0.1) is 4.92 Å². The fourth-order valence-corrected chi connectivity index (χ4v) is 2.22. The highest BCUT2D eigenvalue weighted by atomic mass is 79.9. The van der Waals surface area contributed by atoms with Gasteiger partial charge in [0.1, 0.15) is 0 Å². The maximum atomic E-state index is 10.7. The smallest absolute Gasteiger partial charge is 0.269 e. The first-order valence-electron chi connectivity index (χ1n) is 5.83. The number of halogens is 1.